The molecule has 3 unspecified atom stereocenters. The molecule has 4 N–H and O–H groups in total. The Morgan fingerprint density at radius 3 is 1.31 bits per heavy atom. The Morgan fingerprint density at radius 2 is 0.957 bits per heavy atom. The van der Waals surface area contributed by atoms with Gasteiger partial charge in [0.1, 0.15) is 11.5 Å². The van der Waals surface area contributed by atoms with Crippen LogP contribution in [0.15, 0.2) is 47.9 Å². The molecule has 6 heterocycles. The number of aliphatic hydroxyl groups is 4. The van der Waals surface area contributed by atoms with E-state index in [1.54, 1.807) is 41.9 Å². The monoisotopic (exact) mass is 975 g/mol. The van der Waals surface area contributed by atoms with Gasteiger partial charge in [-0.15, -0.1) is 0 Å². The summed E-state index contributed by atoms with van der Waals surface area (Å²) in [5, 5.41) is 42.0. The lowest BCUT2D eigenvalue weighted by molar-refractivity contribution is -0.172. The number of carbonyl (C=O) groups excluding carboxylic acids is 2. The second-order valence-corrected chi connectivity index (χ2v) is 22.5. The lowest BCUT2D eigenvalue weighted by Gasteiger charge is -2.39. The molecular weight excluding hydrogens is 901 g/mol. The van der Waals surface area contributed by atoms with E-state index in [0.29, 0.717) is 48.7 Å². The molecule has 384 valence electrons. The number of methoxy groups -OCH3 is 2. The fraction of sp³-hybridized carbons (Fsp3) is 0.667. The molecule has 0 aromatic heterocycles. The van der Waals surface area contributed by atoms with Crippen LogP contribution in [0.3, 0.4) is 0 Å². The molecule has 10 rings (SSSR count). The Hall–Kier alpha value is -4.58. The smallest absolute Gasteiger partial charge is 0.338 e. The molecule has 0 amide bonds. The van der Waals surface area contributed by atoms with Crippen LogP contribution in [0.25, 0.3) is 0 Å². The average molecular weight is 975 g/mol. The summed E-state index contributed by atoms with van der Waals surface area (Å²) < 4.78 is 46.5. The molecule has 16 nitrogen and oxygen atoms in total. The molecule has 6 aliphatic heterocycles. The van der Waals surface area contributed by atoms with Gasteiger partial charge in [0, 0.05) is 13.1 Å². The quantitative estimate of drug-likeness (QED) is 0.159. The number of ether oxygens (including phenoxy) is 8. The zero-order valence-corrected chi connectivity index (χ0v) is 42.3. The SMILES string of the molecule is COC1=C[C@]23CCCN2CCc2cc4c(cc2[C@@H]3C1OC(=O)C(C)(O)CCCC(C)(C)O)OCO4.COC1=C[C@]23CCCN2CCc2cc4c(cc2[C@@H]3C1OC(=O)[C@@](C)(O)CCCC(C)(C)O)OCO4. The van der Waals surface area contributed by atoms with Gasteiger partial charge in [0.15, 0.2) is 46.4 Å². The molecule has 2 aliphatic carbocycles. The molecule has 0 bridgehead atoms. The molecule has 2 fully saturated rings. The van der Waals surface area contributed by atoms with Crippen molar-refractivity contribution < 1.29 is 67.9 Å². The summed E-state index contributed by atoms with van der Waals surface area (Å²) >= 11 is 0. The minimum absolute atomic E-state index is 0.178. The van der Waals surface area contributed by atoms with E-state index < -0.39 is 46.6 Å². The van der Waals surface area contributed by atoms with Gasteiger partial charge < -0.3 is 58.3 Å². The number of hydrogen-bond acceptors (Lipinski definition) is 16. The lowest BCUT2D eigenvalue weighted by atomic mass is 9.77. The highest BCUT2D eigenvalue weighted by Gasteiger charge is 2.60. The van der Waals surface area contributed by atoms with Gasteiger partial charge in [-0.1, -0.05) is 0 Å². The Morgan fingerprint density at radius 1 is 0.586 bits per heavy atom. The van der Waals surface area contributed by atoms with E-state index in [4.69, 9.17) is 37.9 Å². The van der Waals surface area contributed by atoms with Gasteiger partial charge in [0.05, 0.1) is 48.3 Å². The van der Waals surface area contributed by atoms with Gasteiger partial charge in [-0.05, 0) is 190 Å². The Kier molecular flexibility index (Phi) is 13.5. The summed E-state index contributed by atoms with van der Waals surface area (Å²) in [6, 6.07) is 8.20. The van der Waals surface area contributed by atoms with E-state index in [-0.39, 0.29) is 49.3 Å². The van der Waals surface area contributed by atoms with Crippen LogP contribution in [0.4, 0.5) is 0 Å². The molecule has 2 aromatic carbocycles. The maximum Gasteiger partial charge on any atom is 0.338 e. The van der Waals surface area contributed by atoms with Gasteiger partial charge in [0.25, 0.3) is 0 Å². The van der Waals surface area contributed by atoms with Gasteiger partial charge in [-0.3, -0.25) is 9.80 Å². The molecule has 2 saturated heterocycles. The highest BCUT2D eigenvalue weighted by Crippen LogP contribution is 2.57. The van der Waals surface area contributed by atoms with Crippen molar-refractivity contribution in [2.75, 3.05) is 54.0 Å². The van der Waals surface area contributed by atoms with Crippen LogP contribution in [0.1, 0.15) is 140 Å². The molecule has 0 saturated carbocycles. The third-order valence-electron chi connectivity index (χ3n) is 16.2. The Balaban J connectivity index is 0.000000174. The fourth-order valence-electron chi connectivity index (χ4n) is 12.6. The topological polar surface area (TPSA) is 195 Å². The molecule has 2 aromatic rings. The van der Waals surface area contributed by atoms with Crippen molar-refractivity contribution in [1.82, 2.24) is 9.80 Å². The van der Waals surface area contributed by atoms with Crippen LogP contribution in [0.5, 0.6) is 23.0 Å². The summed E-state index contributed by atoms with van der Waals surface area (Å²) in [6.45, 7) is 14.0. The van der Waals surface area contributed by atoms with Gasteiger partial charge in [-0.2, -0.15) is 0 Å². The van der Waals surface area contributed by atoms with Crippen LogP contribution in [0.2, 0.25) is 0 Å². The number of nitrogens with zero attached hydrogens (tertiary/aromatic N) is 2. The van der Waals surface area contributed by atoms with Crippen molar-refractivity contribution in [2.45, 2.75) is 176 Å². The van der Waals surface area contributed by atoms with Crippen LogP contribution in [-0.4, -0.2) is 142 Å². The number of carbonyl (C=O) groups is 2. The van der Waals surface area contributed by atoms with Crippen molar-refractivity contribution in [1.29, 1.82) is 0 Å². The van der Waals surface area contributed by atoms with Crippen molar-refractivity contribution in [3.8, 4) is 23.0 Å². The molecule has 16 heteroatoms. The molecule has 8 atom stereocenters. The van der Waals surface area contributed by atoms with E-state index in [2.05, 4.69) is 34.1 Å². The minimum Gasteiger partial charge on any atom is -0.497 e. The summed E-state index contributed by atoms with van der Waals surface area (Å²) in [5.41, 5.74) is -1.19. The maximum atomic E-state index is 13.3. The fourth-order valence-corrected chi connectivity index (χ4v) is 12.6. The molecule has 2 spiro atoms. The molecule has 0 radical (unpaired) electrons. The van der Waals surface area contributed by atoms with Gasteiger partial charge in [-0.25, -0.2) is 9.59 Å². The van der Waals surface area contributed by atoms with Crippen molar-refractivity contribution in [3.05, 3.63) is 70.2 Å². The Bertz CT molecular complexity index is 2220. The highest BCUT2D eigenvalue weighted by molar-refractivity contribution is 5.80. The van der Waals surface area contributed by atoms with Crippen molar-refractivity contribution >= 4 is 11.9 Å². The third-order valence-corrected chi connectivity index (χ3v) is 16.2. The first-order valence-electron chi connectivity index (χ1n) is 25.3. The third kappa shape index (κ3) is 9.48. The van der Waals surface area contributed by atoms with E-state index >= 15 is 0 Å². The summed E-state index contributed by atoms with van der Waals surface area (Å²) in [6.07, 6.45) is 11.0. The standard InChI is InChI=1S/2C27H37NO7/c2*1-25(2,30)8-5-9-26(3,31)24(29)35-23-21(32-4)15-27-10-6-11-28(27)12-7-17-13-19-20(34-16-33-19)14-18(17)22(23)27/h2*13-15,22-23,30-31H,5-12,16H2,1-4H3/t22-,23?,26?,27+;22-,23?,26+,27+/m11/s1. The molecule has 70 heavy (non-hydrogen) atoms. The van der Waals surface area contributed by atoms with Crippen LogP contribution in [-0.2, 0) is 41.4 Å². The largest absolute Gasteiger partial charge is 0.497 e. The first-order valence-corrected chi connectivity index (χ1v) is 25.3. The predicted octanol–water partition coefficient (Wildman–Crippen LogP) is 6.08. The minimum atomic E-state index is -1.67. The van der Waals surface area contributed by atoms with E-state index in [1.165, 1.54) is 13.8 Å². The van der Waals surface area contributed by atoms with Crippen molar-refractivity contribution in [3.63, 3.8) is 0 Å². The Labute approximate surface area is 411 Å². The first kappa shape index (κ1) is 50.4. The first-order chi connectivity index (χ1) is 33.1. The van der Waals surface area contributed by atoms with Crippen LogP contribution < -0.4 is 18.9 Å². The van der Waals surface area contributed by atoms with Gasteiger partial charge in [0.2, 0.25) is 13.6 Å². The van der Waals surface area contributed by atoms with E-state index in [9.17, 15) is 30.0 Å². The van der Waals surface area contributed by atoms with E-state index in [1.807, 2.05) is 12.1 Å². The van der Waals surface area contributed by atoms with Crippen molar-refractivity contribution in [2.24, 2.45) is 0 Å². The molecular formula is C54H74N2O14. The number of esters is 2. The number of hydrogen-bond donors (Lipinski definition) is 4. The van der Waals surface area contributed by atoms with Crippen LogP contribution in [0, 0.1) is 0 Å². The normalized spacial score (nSPS) is 28.9. The maximum absolute atomic E-state index is 13.3. The highest BCUT2D eigenvalue weighted by atomic mass is 16.7. The zero-order valence-electron chi connectivity index (χ0n) is 42.3. The second-order valence-electron chi connectivity index (χ2n) is 22.5. The zero-order chi connectivity index (χ0) is 50.0. The number of fused-ring (bicyclic) bond motifs is 6. The number of benzene rings is 2. The summed E-state index contributed by atoms with van der Waals surface area (Å²) in [5.74, 6) is 2.46. The predicted molar refractivity (Wildman–Crippen MR) is 257 cm³/mol. The summed E-state index contributed by atoms with van der Waals surface area (Å²) in [7, 11) is 3.21. The van der Waals surface area contributed by atoms with Crippen LogP contribution >= 0.6 is 0 Å². The molecule has 8 aliphatic rings. The van der Waals surface area contributed by atoms with Gasteiger partial charge >= 0.3 is 11.9 Å². The number of rotatable bonds is 14. The summed E-state index contributed by atoms with van der Waals surface area (Å²) in [4.78, 5) is 31.6. The second kappa shape index (κ2) is 18.8. The van der Waals surface area contributed by atoms with E-state index in [0.717, 1.165) is 98.5 Å². The lowest BCUT2D eigenvalue weighted by Crippen LogP contribution is -2.48. The average Bonchev–Trinajstić information content (AvgIpc) is 4.15.